The topological polar surface area (TPSA) is 46.9 Å². The molecule has 8 heteroatoms. The third kappa shape index (κ3) is 2.37. The van der Waals surface area contributed by atoms with Crippen LogP contribution in [0.4, 0.5) is 23.4 Å². The lowest BCUT2D eigenvalue weighted by molar-refractivity contribution is -0.156. The van der Waals surface area contributed by atoms with Gasteiger partial charge in [0.15, 0.2) is 0 Å². The summed E-state index contributed by atoms with van der Waals surface area (Å²) in [5.74, 6) is -3.27. The highest BCUT2D eigenvalue weighted by Gasteiger charge is 2.46. The Morgan fingerprint density at radius 1 is 1.33 bits per heavy atom. The Morgan fingerprint density at radius 2 is 2.10 bits per heavy atom. The SMILES string of the molecule is O=C1C[C@H](C(F)(F)F)c2cnn(-c3cccc(F)c3)c2N1. The van der Waals surface area contributed by atoms with Crippen molar-refractivity contribution in [3.8, 4) is 5.69 Å². The molecule has 4 nitrogen and oxygen atoms in total. The molecular weight excluding hydrogens is 290 g/mol. The largest absolute Gasteiger partial charge is 0.396 e. The molecule has 1 aromatic heterocycles. The summed E-state index contributed by atoms with van der Waals surface area (Å²) >= 11 is 0. The van der Waals surface area contributed by atoms with Crippen molar-refractivity contribution in [2.24, 2.45) is 0 Å². The minimum atomic E-state index is -4.54. The molecule has 2 aromatic rings. The second-order valence-electron chi connectivity index (χ2n) is 4.69. The van der Waals surface area contributed by atoms with Crippen LogP contribution in [-0.4, -0.2) is 21.9 Å². The molecule has 0 fully saturated rings. The molecule has 2 heterocycles. The van der Waals surface area contributed by atoms with E-state index in [0.717, 1.165) is 16.9 Å². The molecule has 1 aromatic carbocycles. The summed E-state index contributed by atoms with van der Waals surface area (Å²) in [7, 11) is 0. The van der Waals surface area contributed by atoms with Crippen molar-refractivity contribution in [3.63, 3.8) is 0 Å². The van der Waals surface area contributed by atoms with Gasteiger partial charge in [-0.05, 0) is 18.2 Å². The number of hydrogen-bond acceptors (Lipinski definition) is 2. The van der Waals surface area contributed by atoms with E-state index in [1.807, 2.05) is 0 Å². The van der Waals surface area contributed by atoms with Crippen molar-refractivity contribution in [2.75, 3.05) is 5.32 Å². The maximum Gasteiger partial charge on any atom is 0.396 e. The van der Waals surface area contributed by atoms with Crippen LogP contribution in [0.5, 0.6) is 0 Å². The molecule has 3 rings (SSSR count). The summed E-state index contributed by atoms with van der Waals surface area (Å²) in [4.78, 5) is 11.5. The molecule has 0 aliphatic carbocycles. The predicted molar refractivity (Wildman–Crippen MR) is 65.6 cm³/mol. The van der Waals surface area contributed by atoms with Crippen LogP contribution in [0.3, 0.4) is 0 Å². The van der Waals surface area contributed by atoms with Gasteiger partial charge < -0.3 is 5.32 Å². The van der Waals surface area contributed by atoms with Gasteiger partial charge in [-0.15, -0.1) is 0 Å². The van der Waals surface area contributed by atoms with Crippen molar-refractivity contribution in [1.29, 1.82) is 0 Å². The number of carbonyl (C=O) groups is 1. The van der Waals surface area contributed by atoms with E-state index >= 15 is 0 Å². The molecule has 0 unspecified atom stereocenters. The Kier molecular flexibility index (Phi) is 2.96. The second kappa shape index (κ2) is 4.57. The molecule has 1 amide bonds. The van der Waals surface area contributed by atoms with Crippen LogP contribution in [0.25, 0.3) is 5.69 Å². The third-order valence-corrected chi connectivity index (χ3v) is 3.27. The number of hydrogen-bond donors (Lipinski definition) is 1. The number of nitrogens with zero attached hydrogens (tertiary/aromatic N) is 2. The highest BCUT2D eigenvalue weighted by Crippen LogP contribution is 2.43. The maximum absolute atomic E-state index is 13.2. The second-order valence-corrected chi connectivity index (χ2v) is 4.69. The van der Waals surface area contributed by atoms with E-state index in [2.05, 4.69) is 10.4 Å². The van der Waals surface area contributed by atoms with Crippen molar-refractivity contribution < 1.29 is 22.4 Å². The van der Waals surface area contributed by atoms with Gasteiger partial charge in [0, 0.05) is 12.0 Å². The fourth-order valence-corrected chi connectivity index (χ4v) is 2.32. The van der Waals surface area contributed by atoms with Crippen LogP contribution in [0, 0.1) is 5.82 Å². The number of alkyl halides is 3. The molecule has 21 heavy (non-hydrogen) atoms. The standard InChI is InChI=1S/C13H9F4N3O/c14-7-2-1-3-8(4-7)20-12-9(6-18-20)10(13(15,16)17)5-11(21)19-12/h1-4,6,10H,5H2,(H,19,21)/t10-/m0/s1. The van der Waals surface area contributed by atoms with Crippen molar-refractivity contribution in [1.82, 2.24) is 9.78 Å². The molecule has 0 saturated carbocycles. The van der Waals surface area contributed by atoms with E-state index < -0.39 is 30.2 Å². The Bertz CT molecular complexity index is 708. The van der Waals surface area contributed by atoms with E-state index in [1.165, 1.54) is 18.2 Å². The van der Waals surface area contributed by atoms with Crippen LogP contribution in [0.1, 0.15) is 17.9 Å². The number of nitrogens with one attached hydrogen (secondary N) is 1. The smallest absolute Gasteiger partial charge is 0.310 e. The molecule has 110 valence electrons. The highest BCUT2D eigenvalue weighted by molar-refractivity contribution is 5.94. The fraction of sp³-hybridized carbons (Fsp3) is 0.231. The van der Waals surface area contributed by atoms with Crippen molar-refractivity contribution in [2.45, 2.75) is 18.5 Å². The van der Waals surface area contributed by atoms with Crippen molar-refractivity contribution >= 4 is 11.7 Å². The summed E-state index contributed by atoms with van der Waals surface area (Å²) in [5, 5.41) is 6.21. The van der Waals surface area contributed by atoms with Crippen LogP contribution in [-0.2, 0) is 4.79 Å². The van der Waals surface area contributed by atoms with Crippen LogP contribution >= 0.6 is 0 Å². The normalized spacial score (nSPS) is 18.3. The summed E-state index contributed by atoms with van der Waals surface area (Å²) in [6, 6.07) is 5.22. The van der Waals surface area contributed by atoms with Crippen LogP contribution in [0.15, 0.2) is 30.5 Å². The molecule has 0 radical (unpaired) electrons. The average molecular weight is 299 g/mol. The van der Waals surface area contributed by atoms with E-state index in [4.69, 9.17) is 0 Å². The van der Waals surface area contributed by atoms with Gasteiger partial charge >= 0.3 is 6.18 Å². The van der Waals surface area contributed by atoms with E-state index in [1.54, 1.807) is 0 Å². The molecule has 1 aliphatic rings. The van der Waals surface area contributed by atoms with Gasteiger partial charge in [-0.25, -0.2) is 9.07 Å². The third-order valence-electron chi connectivity index (χ3n) is 3.27. The molecular formula is C13H9F4N3O. The zero-order chi connectivity index (χ0) is 15.2. The van der Waals surface area contributed by atoms with Gasteiger partial charge in [0.25, 0.3) is 0 Å². The Hall–Kier alpha value is -2.38. The minimum absolute atomic E-state index is 0.0702. The summed E-state index contributed by atoms with van der Waals surface area (Å²) in [5.41, 5.74) is 0.116. The first-order valence-electron chi connectivity index (χ1n) is 6.06. The number of rotatable bonds is 1. The molecule has 0 spiro atoms. The minimum Gasteiger partial charge on any atom is -0.310 e. The van der Waals surface area contributed by atoms with E-state index in [-0.39, 0.29) is 17.1 Å². The lowest BCUT2D eigenvalue weighted by Crippen LogP contribution is -2.31. The Balaban J connectivity index is 2.12. The van der Waals surface area contributed by atoms with Gasteiger partial charge in [-0.1, -0.05) is 6.07 Å². The number of aromatic nitrogens is 2. The van der Waals surface area contributed by atoms with Gasteiger partial charge in [0.2, 0.25) is 5.91 Å². The van der Waals surface area contributed by atoms with Gasteiger partial charge in [0.05, 0.1) is 17.8 Å². The maximum atomic E-state index is 13.2. The van der Waals surface area contributed by atoms with Gasteiger partial charge in [0.1, 0.15) is 11.6 Å². The monoisotopic (exact) mass is 299 g/mol. The predicted octanol–water partition coefficient (Wildman–Crippen LogP) is 3.00. The molecule has 1 atom stereocenters. The number of anilines is 1. The average Bonchev–Trinajstić information content (AvgIpc) is 2.80. The molecule has 0 bridgehead atoms. The molecule has 1 aliphatic heterocycles. The quantitative estimate of drug-likeness (QED) is 0.823. The zero-order valence-corrected chi connectivity index (χ0v) is 10.5. The lowest BCUT2D eigenvalue weighted by Gasteiger charge is -2.25. The van der Waals surface area contributed by atoms with Gasteiger partial charge in [-0.2, -0.15) is 18.3 Å². The fourth-order valence-electron chi connectivity index (χ4n) is 2.32. The molecule has 0 saturated heterocycles. The first-order chi connectivity index (χ1) is 9.86. The van der Waals surface area contributed by atoms with Crippen molar-refractivity contribution in [3.05, 3.63) is 41.8 Å². The van der Waals surface area contributed by atoms with E-state index in [9.17, 15) is 22.4 Å². The number of fused-ring (bicyclic) bond motifs is 1. The lowest BCUT2D eigenvalue weighted by atomic mass is 9.94. The number of carbonyl (C=O) groups excluding carboxylic acids is 1. The number of amides is 1. The number of benzene rings is 1. The Morgan fingerprint density at radius 3 is 2.76 bits per heavy atom. The Labute approximate surface area is 116 Å². The summed E-state index contributed by atoms with van der Waals surface area (Å²) in [6.45, 7) is 0. The number of halogens is 4. The first-order valence-corrected chi connectivity index (χ1v) is 6.06. The van der Waals surface area contributed by atoms with E-state index in [0.29, 0.717) is 0 Å². The van der Waals surface area contributed by atoms with Crippen LogP contribution in [0.2, 0.25) is 0 Å². The summed E-state index contributed by atoms with van der Waals surface area (Å²) in [6.07, 6.45) is -4.16. The van der Waals surface area contributed by atoms with Crippen LogP contribution < -0.4 is 5.32 Å². The highest BCUT2D eigenvalue weighted by atomic mass is 19.4. The molecule has 1 N–H and O–H groups in total. The zero-order valence-electron chi connectivity index (χ0n) is 10.5. The van der Waals surface area contributed by atoms with Gasteiger partial charge in [-0.3, -0.25) is 4.79 Å². The first kappa shape index (κ1) is 13.6. The summed E-state index contributed by atoms with van der Waals surface area (Å²) < 4.78 is 53.3.